The van der Waals surface area contributed by atoms with Crippen molar-refractivity contribution in [2.75, 3.05) is 12.0 Å². The number of amides is 2. The molecule has 0 saturated carbocycles. The van der Waals surface area contributed by atoms with Gasteiger partial charge in [-0.3, -0.25) is 14.5 Å². The Morgan fingerprint density at radius 1 is 1.09 bits per heavy atom. The number of halogens is 5. The summed E-state index contributed by atoms with van der Waals surface area (Å²) in [6, 6.07) is 7.40. The van der Waals surface area contributed by atoms with Crippen molar-refractivity contribution in [3.05, 3.63) is 70.3 Å². The molecule has 33 heavy (non-hydrogen) atoms. The second kappa shape index (κ2) is 9.05. The van der Waals surface area contributed by atoms with Crippen LogP contribution in [0.2, 0.25) is 0 Å². The Kier molecular flexibility index (Phi) is 6.73. The molecule has 3 rings (SSSR count). The molecule has 1 N–H and O–H groups in total. The molecule has 1 aliphatic heterocycles. The van der Waals surface area contributed by atoms with E-state index in [2.05, 4.69) is 5.32 Å². The van der Waals surface area contributed by atoms with Crippen molar-refractivity contribution < 1.29 is 36.3 Å². The third-order valence-corrected chi connectivity index (χ3v) is 6.21. The van der Waals surface area contributed by atoms with Gasteiger partial charge >= 0.3 is 6.18 Å². The topological polar surface area (TPSA) is 58.6 Å². The Morgan fingerprint density at radius 2 is 1.76 bits per heavy atom. The fraction of sp³-hybridized carbons (Fsp3) is 0.273. The zero-order valence-electron chi connectivity index (χ0n) is 17.7. The van der Waals surface area contributed by atoms with Crippen molar-refractivity contribution in [3.63, 3.8) is 0 Å². The molecule has 0 saturated heterocycles. The Morgan fingerprint density at radius 3 is 2.39 bits per heavy atom. The molecular weight excluding hydrogens is 467 g/mol. The highest BCUT2D eigenvalue weighted by Crippen LogP contribution is 2.37. The number of alkyl halides is 3. The van der Waals surface area contributed by atoms with Crippen LogP contribution in [0.5, 0.6) is 0 Å². The molecule has 0 bridgehead atoms. The van der Waals surface area contributed by atoms with E-state index in [0.717, 1.165) is 16.7 Å². The van der Waals surface area contributed by atoms with Crippen LogP contribution in [0.15, 0.2) is 58.0 Å². The molecule has 0 aromatic heterocycles. The van der Waals surface area contributed by atoms with E-state index in [1.807, 2.05) is 0 Å². The fourth-order valence-corrected chi connectivity index (χ4v) is 3.85. The van der Waals surface area contributed by atoms with Gasteiger partial charge in [-0.1, -0.05) is 23.9 Å². The SMILES string of the molecule is CC1=C(Sc2ccccc2F)C(=O)N(C(C)(C)C(=O)Nc2cc(C(F)(F)F)ccc2F)CO1. The lowest BCUT2D eigenvalue weighted by Crippen LogP contribution is -2.57. The Labute approximate surface area is 190 Å². The first-order valence-electron chi connectivity index (χ1n) is 9.58. The van der Waals surface area contributed by atoms with Crippen LogP contribution < -0.4 is 5.32 Å². The predicted octanol–water partition coefficient (Wildman–Crippen LogP) is 5.54. The molecule has 0 radical (unpaired) electrons. The number of hydrogen-bond donors (Lipinski definition) is 1. The lowest BCUT2D eigenvalue weighted by molar-refractivity contribution is -0.148. The maximum absolute atomic E-state index is 14.1. The van der Waals surface area contributed by atoms with Gasteiger partial charge < -0.3 is 10.1 Å². The maximum atomic E-state index is 14.1. The molecule has 2 aromatic carbocycles. The Bertz CT molecular complexity index is 1130. The van der Waals surface area contributed by atoms with Gasteiger partial charge in [0, 0.05) is 4.90 Å². The number of hydrogen-bond acceptors (Lipinski definition) is 4. The van der Waals surface area contributed by atoms with Crippen molar-refractivity contribution in [2.45, 2.75) is 37.4 Å². The van der Waals surface area contributed by atoms with E-state index < -0.39 is 46.4 Å². The molecule has 11 heteroatoms. The number of anilines is 1. The van der Waals surface area contributed by atoms with E-state index in [-0.39, 0.29) is 22.3 Å². The first-order valence-corrected chi connectivity index (χ1v) is 10.4. The summed E-state index contributed by atoms with van der Waals surface area (Å²) in [6.07, 6.45) is -4.74. The van der Waals surface area contributed by atoms with Crippen molar-refractivity contribution >= 4 is 29.3 Å². The van der Waals surface area contributed by atoms with Gasteiger partial charge in [-0.2, -0.15) is 13.2 Å². The highest BCUT2D eigenvalue weighted by Gasteiger charge is 2.43. The lowest BCUT2D eigenvalue weighted by Gasteiger charge is -2.39. The van der Waals surface area contributed by atoms with Gasteiger partial charge in [0.25, 0.3) is 5.91 Å². The minimum absolute atomic E-state index is 0.0393. The second-order valence-corrected chi connectivity index (χ2v) is 8.68. The number of ether oxygens (including phenoxy) is 1. The normalized spacial score (nSPS) is 14.9. The van der Waals surface area contributed by atoms with E-state index >= 15 is 0 Å². The summed E-state index contributed by atoms with van der Waals surface area (Å²) in [5, 5.41) is 2.12. The maximum Gasteiger partial charge on any atom is 0.416 e. The van der Waals surface area contributed by atoms with Gasteiger partial charge in [0.05, 0.1) is 11.3 Å². The molecule has 1 aliphatic rings. The summed E-state index contributed by atoms with van der Waals surface area (Å²) in [6.45, 7) is 3.85. The van der Waals surface area contributed by atoms with Gasteiger partial charge in [-0.25, -0.2) is 8.78 Å². The van der Waals surface area contributed by atoms with Crippen LogP contribution in [0, 0.1) is 11.6 Å². The largest absolute Gasteiger partial charge is 0.476 e. The van der Waals surface area contributed by atoms with E-state index in [0.29, 0.717) is 18.2 Å². The molecule has 5 nitrogen and oxygen atoms in total. The molecule has 176 valence electrons. The molecular formula is C22H19F5N2O3S. The zero-order valence-corrected chi connectivity index (χ0v) is 18.5. The number of thioether (sulfide) groups is 1. The Balaban J connectivity index is 1.84. The van der Waals surface area contributed by atoms with Gasteiger partial charge in [-0.05, 0) is 51.1 Å². The zero-order chi connectivity index (χ0) is 24.6. The van der Waals surface area contributed by atoms with Crippen molar-refractivity contribution in [3.8, 4) is 0 Å². The molecule has 0 aliphatic carbocycles. The monoisotopic (exact) mass is 486 g/mol. The number of rotatable bonds is 5. The minimum atomic E-state index is -4.74. The number of carbonyl (C=O) groups is 2. The molecule has 0 fully saturated rings. The van der Waals surface area contributed by atoms with Gasteiger partial charge in [-0.15, -0.1) is 0 Å². The highest BCUT2D eigenvalue weighted by atomic mass is 32.2. The van der Waals surface area contributed by atoms with Gasteiger partial charge in [0.15, 0.2) is 6.73 Å². The molecule has 2 aromatic rings. The molecule has 0 spiro atoms. The van der Waals surface area contributed by atoms with E-state index in [9.17, 15) is 31.5 Å². The van der Waals surface area contributed by atoms with Crippen LogP contribution in [-0.2, 0) is 20.5 Å². The lowest BCUT2D eigenvalue weighted by atomic mass is 10.0. The molecule has 1 heterocycles. The number of nitrogens with one attached hydrogen (secondary N) is 1. The summed E-state index contributed by atoms with van der Waals surface area (Å²) < 4.78 is 72.5. The molecule has 0 unspecified atom stereocenters. The standard InChI is InChI=1S/C22H19F5N2O3S/c1-12-18(33-17-7-5-4-6-15(17)24)19(30)29(11-32-12)21(2,3)20(31)28-16-10-13(22(25,26)27)8-9-14(16)23/h4-10H,11H2,1-3H3,(H,28,31). The number of benzene rings is 2. The molecule has 0 atom stereocenters. The van der Waals surface area contributed by atoms with Crippen LogP contribution >= 0.6 is 11.8 Å². The van der Waals surface area contributed by atoms with Crippen molar-refractivity contribution in [2.24, 2.45) is 0 Å². The average Bonchev–Trinajstić information content (AvgIpc) is 2.72. The first-order chi connectivity index (χ1) is 15.3. The number of carbonyl (C=O) groups excluding carboxylic acids is 2. The Hall–Kier alpha value is -3.08. The fourth-order valence-electron chi connectivity index (χ4n) is 2.92. The smallest absolute Gasteiger partial charge is 0.416 e. The van der Waals surface area contributed by atoms with Crippen LogP contribution in [0.1, 0.15) is 26.3 Å². The third kappa shape index (κ3) is 5.13. The van der Waals surface area contributed by atoms with Crippen LogP contribution in [0.3, 0.4) is 0 Å². The summed E-state index contributed by atoms with van der Waals surface area (Å²) >= 11 is 0.822. The summed E-state index contributed by atoms with van der Waals surface area (Å²) in [4.78, 5) is 27.3. The predicted molar refractivity (Wildman–Crippen MR) is 112 cm³/mol. The summed E-state index contributed by atoms with van der Waals surface area (Å²) in [5.74, 6) is -2.97. The highest BCUT2D eigenvalue weighted by molar-refractivity contribution is 8.04. The van der Waals surface area contributed by atoms with Crippen LogP contribution in [0.25, 0.3) is 0 Å². The third-order valence-electron chi connectivity index (χ3n) is 4.99. The number of allylic oxidation sites excluding steroid dienone is 1. The molecule has 2 amide bonds. The summed E-state index contributed by atoms with van der Waals surface area (Å²) in [5.41, 5.74) is -3.48. The van der Waals surface area contributed by atoms with Gasteiger partial charge in [0.2, 0.25) is 5.91 Å². The minimum Gasteiger partial charge on any atom is -0.476 e. The van der Waals surface area contributed by atoms with E-state index in [4.69, 9.17) is 4.74 Å². The van der Waals surface area contributed by atoms with Crippen molar-refractivity contribution in [1.82, 2.24) is 4.90 Å². The van der Waals surface area contributed by atoms with Gasteiger partial charge in [0.1, 0.15) is 27.8 Å². The first kappa shape index (κ1) is 24.6. The average molecular weight is 486 g/mol. The second-order valence-electron chi connectivity index (χ2n) is 7.63. The summed E-state index contributed by atoms with van der Waals surface area (Å²) in [7, 11) is 0. The van der Waals surface area contributed by atoms with Crippen LogP contribution in [-0.4, -0.2) is 29.0 Å². The number of nitrogens with zero attached hydrogens (tertiary/aromatic N) is 1. The quantitative estimate of drug-likeness (QED) is 0.564. The van der Waals surface area contributed by atoms with Crippen LogP contribution in [0.4, 0.5) is 27.6 Å². The van der Waals surface area contributed by atoms with E-state index in [1.54, 1.807) is 6.07 Å². The van der Waals surface area contributed by atoms with E-state index in [1.165, 1.54) is 39.0 Å². The van der Waals surface area contributed by atoms with Crippen molar-refractivity contribution in [1.29, 1.82) is 0 Å².